The Labute approximate surface area is 94.5 Å². The molecule has 0 amide bonds. The Morgan fingerprint density at radius 2 is 2.12 bits per heavy atom. The standard InChI is InChI=1S/C12H16O4/c1-7(12(14)15)6-9-4-5-10(16-3)8(2)11(9)13/h4-5,7,13H,6H2,1-3H3,(H,14,15). The first-order valence-corrected chi connectivity index (χ1v) is 5.05. The molecule has 1 atom stereocenters. The summed E-state index contributed by atoms with van der Waals surface area (Å²) >= 11 is 0. The number of phenolic OH excluding ortho intramolecular Hbond substituents is 1. The SMILES string of the molecule is COc1ccc(CC(C)C(=O)O)c(O)c1C. The predicted molar refractivity (Wildman–Crippen MR) is 59.9 cm³/mol. The molecule has 0 aromatic heterocycles. The minimum atomic E-state index is -0.868. The summed E-state index contributed by atoms with van der Waals surface area (Å²) in [5.41, 5.74) is 1.27. The molecule has 0 spiro atoms. The molecule has 0 aliphatic carbocycles. The van der Waals surface area contributed by atoms with Crippen LogP contribution in [0.15, 0.2) is 12.1 Å². The minimum Gasteiger partial charge on any atom is -0.507 e. The number of carbonyl (C=O) groups is 1. The molecule has 0 fully saturated rings. The quantitative estimate of drug-likeness (QED) is 0.820. The zero-order valence-electron chi connectivity index (χ0n) is 9.65. The maximum absolute atomic E-state index is 10.7. The van der Waals surface area contributed by atoms with E-state index >= 15 is 0 Å². The molecule has 16 heavy (non-hydrogen) atoms. The molecule has 1 rings (SSSR count). The van der Waals surface area contributed by atoms with Crippen molar-refractivity contribution in [2.24, 2.45) is 5.92 Å². The van der Waals surface area contributed by atoms with E-state index in [1.54, 1.807) is 26.0 Å². The number of methoxy groups -OCH3 is 1. The van der Waals surface area contributed by atoms with Gasteiger partial charge in [0, 0.05) is 5.56 Å². The average molecular weight is 224 g/mol. The summed E-state index contributed by atoms with van der Waals surface area (Å²) in [5, 5.41) is 18.7. The molecule has 0 aliphatic rings. The van der Waals surface area contributed by atoms with Gasteiger partial charge in [0.25, 0.3) is 0 Å². The number of hydrogen-bond acceptors (Lipinski definition) is 3. The van der Waals surface area contributed by atoms with Crippen LogP contribution in [0.25, 0.3) is 0 Å². The van der Waals surface area contributed by atoms with E-state index in [1.165, 1.54) is 7.11 Å². The van der Waals surface area contributed by atoms with Gasteiger partial charge in [-0.15, -0.1) is 0 Å². The van der Waals surface area contributed by atoms with Gasteiger partial charge in [-0.3, -0.25) is 4.79 Å². The topological polar surface area (TPSA) is 66.8 Å². The van der Waals surface area contributed by atoms with Crippen LogP contribution in [0, 0.1) is 12.8 Å². The molecule has 0 saturated carbocycles. The molecule has 0 heterocycles. The highest BCUT2D eigenvalue weighted by Gasteiger charge is 2.16. The van der Waals surface area contributed by atoms with Gasteiger partial charge in [0.2, 0.25) is 0 Å². The fraction of sp³-hybridized carbons (Fsp3) is 0.417. The number of benzene rings is 1. The van der Waals surface area contributed by atoms with E-state index in [9.17, 15) is 9.90 Å². The second-order valence-electron chi connectivity index (χ2n) is 3.84. The van der Waals surface area contributed by atoms with E-state index < -0.39 is 11.9 Å². The van der Waals surface area contributed by atoms with Crippen molar-refractivity contribution in [1.82, 2.24) is 0 Å². The predicted octanol–water partition coefficient (Wildman–Crippen LogP) is 1.97. The number of ether oxygens (including phenoxy) is 1. The van der Waals surface area contributed by atoms with Crippen LogP contribution in [0.5, 0.6) is 11.5 Å². The highest BCUT2D eigenvalue weighted by molar-refractivity contribution is 5.70. The molecule has 4 nitrogen and oxygen atoms in total. The van der Waals surface area contributed by atoms with Gasteiger partial charge in [0.15, 0.2) is 0 Å². The van der Waals surface area contributed by atoms with E-state index in [-0.39, 0.29) is 5.75 Å². The first kappa shape index (κ1) is 12.4. The van der Waals surface area contributed by atoms with E-state index in [2.05, 4.69) is 0 Å². The van der Waals surface area contributed by atoms with Crippen molar-refractivity contribution in [1.29, 1.82) is 0 Å². The lowest BCUT2D eigenvalue weighted by molar-refractivity contribution is -0.141. The smallest absolute Gasteiger partial charge is 0.306 e. The van der Waals surface area contributed by atoms with Gasteiger partial charge >= 0.3 is 5.97 Å². The molecular formula is C12H16O4. The number of aliphatic carboxylic acids is 1. The van der Waals surface area contributed by atoms with Crippen molar-refractivity contribution in [2.75, 3.05) is 7.11 Å². The molecule has 0 bridgehead atoms. The molecule has 2 N–H and O–H groups in total. The highest BCUT2D eigenvalue weighted by Crippen LogP contribution is 2.31. The Morgan fingerprint density at radius 1 is 1.50 bits per heavy atom. The summed E-state index contributed by atoms with van der Waals surface area (Å²) in [6.07, 6.45) is 0.312. The van der Waals surface area contributed by atoms with Crippen molar-refractivity contribution < 1.29 is 19.7 Å². The van der Waals surface area contributed by atoms with Crippen molar-refractivity contribution in [3.63, 3.8) is 0 Å². The van der Waals surface area contributed by atoms with Gasteiger partial charge in [-0.25, -0.2) is 0 Å². The van der Waals surface area contributed by atoms with Gasteiger partial charge < -0.3 is 14.9 Å². The third kappa shape index (κ3) is 2.45. The third-order valence-electron chi connectivity index (χ3n) is 2.63. The second kappa shape index (κ2) is 4.88. The van der Waals surface area contributed by atoms with Gasteiger partial charge in [-0.1, -0.05) is 13.0 Å². The fourth-order valence-corrected chi connectivity index (χ4v) is 1.54. The highest BCUT2D eigenvalue weighted by atomic mass is 16.5. The van der Waals surface area contributed by atoms with Gasteiger partial charge in [-0.05, 0) is 25.0 Å². The normalized spacial score (nSPS) is 12.2. The van der Waals surface area contributed by atoms with Crippen LogP contribution < -0.4 is 4.74 Å². The molecule has 0 radical (unpaired) electrons. The first-order chi connectivity index (χ1) is 7.47. The van der Waals surface area contributed by atoms with Crippen LogP contribution in [-0.2, 0) is 11.2 Å². The minimum absolute atomic E-state index is 0.118. The number of rotatable bonds is 4. The van der Waals surface area contributed by atoms with Crippen LogP contribution in [0.4, 0.5) is 0 Å². The number of phenols is 1. The van der Waals surface area contributed by atoms with Gasteiger partial charge in [0.1, 0.15) is 11.5 Å². The average Bonchev–Trinajstić information content (AvgIpc) is 2.25. The third-order valence-corrected chi connectivity index (χ3v) is 2.63. The Kier molecular flexibility index (Phi) is 3.77. The summed E-state index contributed by atoms with van der Waals surface area (Å²) in [4.78, 5) is 10.7. The van der Waals surface area contributed by atoms with E-state index in [0.717, 1.165) is 0 Å². The summed E-state index contributed by atoms with van der Waals surface area (Å²) in [6, 6.07) is 3.43. The summed E-state index contributed by atoms with van der Waals surface area (Å²) in [7, 11) is 1.53. The Balaban J connectivity index is 2.99. The Bertz CT molecular complexity index is 398. The molecule has 1 aromatic carbocycles. The molecular weight excluding hydrogens is 208 g/mol. The summed E-state index contributed by atoms with van der Waals surface area (Å²) < 4.78 is 5.06. The van der Waals surface area contributed by atoms with Crippen molar-refractivity contribution >= 4 is 5.97 Å². The zero-order valence-corrected chi connectivity index (χ0v) is 9.65. The van der Waals surface area contributed by atoms with Crippen LogP contribution in [-0.4, -0.2) is 23.3 Å². The van der Waals surface area contributed by atoms with Gasteiger partial charge in [-0.2, -0.15) is 0 Å². The maximum atomic E-state index is 10.7. The molecule has 1 aromatic rings. The monoisotopic (exact) mass is 224 g/mol. The lowest BCUT2D eigenvalue weighted by atomic mass is 9.98. The lowest BCUT2D eigenvalue weighted by Gasteiger charge is -2.12. The van der Waals surface area contributed by atoms with E-state index in [1.807, 2.05) is 0 Å². The molecule has 1 unspecified atom stereocenters. The largest absolute Gasteiger partial charge is 0.507 e. The van der Waals surface area contributed by atoms with Crippen molar-refractivity contribution in [3.8, 4) is 11.5 Å². The van der Waals surface area contributed by atoms with Crippen molar-refractivity contribution in [2.45, 2.75) is 20.3 Å². The number of carboxylic acids is 1. The molecule has 88 valence electrons. The van der Waals surface area contributed by atoms with Crippen molar-refractivity contribution in [3.05, 3.63) is 23.3 Å². The van der Waals surface area contributed by atoms with Crippen LogP contribution in [0.3, 0.4) is 0 Å². The summed E-state index contributed by atoms with van der Waals surface area (Å²) in [6.45, 7) is 3.35. The fourth-order valence-electron chi connectivity index (χ4n) is 1.54. The summed E-state index contributed by atoms with van der Waals surface area (Å²) in [5.74, 6) is -0.664. The number of aromatic hydroxyl groups is 1. The zero-order chi connectivity index (χ0) is 12.3. The van der Waals surface area contributed by atoms with E-state index in [0.29, 0.717) is 23.3 Å². The first-order valence-electron chi connectivity index (χ1n) is 5.05. The van der Waals surface area contributed by atoms with Gasteiger partial charge in [0.05, 0.1) is 13.0 Å². The Morgan fingerprint density at radius 3 is 2.62 bits per heavy atom. The maximum Gasteiger partial charge on any atom is 0.306 e. The number of hydrogen-bond donors (Lipinski definition) is 2. The molecule has 0 saturated heterocycles. The molecule has 0 aliphatic heterocycles. The van der Waals surface area contributed by atoms with Crippen LogP contribution in [0.2, 0.25) is 0 Å². The van der Waals surface area contributed by atoms with Crippen LogP contribution >= 0.6 is 0 Å². The lowest BCUT2D eigenvalue weighted by Crippen LogP contribution is -2.12. The van der Waals surface area contributed by atoms with E-state index in [4.69, 9.17) is 9.84 Å². The second-order valence-corrected chi connectivity index (χ2v) is 3.84. The number of carboxylic acid groups (broad SMARTS) is 1. The molecule has 4 heteroatoms. The Hall–Kier alpha value is -1.71. The van der Waals surface area contributed by atoms with Crippen LogP contribution in [0.1, 0.15) is 18.1 Å².